The summed E-state index contributed by atoms with van der Waals surface area (Å²) in [5.74, 6) is -0.117. The number of halogens is 2. The second-order valence-corrected chi connectivity index (χ2v) is 6.29. The van der Waals surface area contributed by atoms with Gasteiger partial charge in [-0.15, -0.1) is 0 Å². The predicted molar refractivity (Wildman–Crippen MR) is 95.1 cm³/mol. The first-order valence-corrected chi connectivity index (χ1v) is 7.98. The topological polar surface area (TPSA) is 62.0 Å². The number of hydrogen-bond donors (Lipinski definition) is 0. The highest BCUT2D eigenvalue weighted by molar-refractivity contribution is 6.35. The number of anilines is 1. The van der Waals surface area contributed by atoms with Crippen LogP contribution in [0.3, 0.4) is 0 Å². The molecule has 0 bridgehead atoms. The molecule has 24 heavy (non-hydrogen) atoms. The van der Waals surface area contributed by atoms with Crippen molar-refractivity contribution < 1.29 is 4.92 Å². The Morgan fingerprint density at radius 1 is 1.12 bits per heavy atom. The van der Waals surface area contributed by atoms with Gasteiger partial charge in [-0.2, -0.15) is 5.01 Å². The van der Waals surface area contributed by atoms with Crippen molar-refractivity contribution in [2.24, 2.45) is 5.10 Å². The second kappa shape index (κ2) is 7.17. The van der Waals surface area contributed by atoms with Crippen molar-refractivity contribution in [3.05, 3.63) is 74.3 Å². The third-order valence-corrected chi connectivity index (χ3v) is 3.98. The number of hydrogen-bond acceptors (Lipinski definition) is 5. The smallest absolute Gasteiger partial charge is 0.358 e. The van der Waals surface area contributed by atoms with E-state index in [1.807, 2.05) is 35.2 Å². The van der Waals surface area contributed by atoms with E-state index in [0.717, 1.165) is 5.56 Å². The zero-order valence-electron chi connectivity index (χ0n) is 12.6. The first kappa shape index (κ1) is 16.7. The van der Waals surface area contributed by atoms with Crippen LogP contribution in [-0.2, 0) is 6.54 Å². The molecule has 0 spiro atoms. The molecule has 1 aliphatic rings. The van der Waals surface area contributed by atoms with Crippen LogP contribution in [0, 0.1) is 10.1 Å². The largest absolute Gasteiger partial charge is 0.378 e. The van der Waals surface area contributed by atoms with Crippen molar-refractivity contribution in [1.82, 2.24) is 4.90 Å². The molecule has 0 amide bonds. The fourth-order valence-corrected chi connectivity index (χ4v) is 3.03. The Morgan fingerprint density at radius 2 is 1.79 bits per heavy atom. The summed E-state index contributed by atoms with van der Waals surface area (Å²) in [6, 6.07) is 14.8. The normalized spacial score (nSPS) is 15.2. The maximum Gasteiger partial charge on any atom is 0.378 e. The molecule has 0 atom stereocenters. The summed E-state index contributed by atoms with van der Waals surface area (Å²) >= 11 is 12.1. The Hall–Kier alpha value is -2.15. The van der Waals surface area contributed by atoms with Crippen LogP contribution < -0.4 is 5.01 Å². The van der Waals surface area contributed by atoms with Gasteiger partial charge < -0.3 is 10.1 Å². The van der Waals surface area contributed by atoms with E-state index in [0.29, 0.717) is 28.9 Å². The van der Waals surface area contributed by atoms with Gasteiger partial charge in [-0.25, -0.2) is 0 Å². The zero-order chi connectivity index (χ0) is 17.1. The van der Waals surface area contributed by atoms with Crippen LogP contribution in [0.25, 0.3) is 0 Å². The third-order valence-electron chi connectivity index (χ3n) is 3.54. The van der Waals surface area contributed by atoms with Crippen molar-refractivity contribution in [3.63, 3.8) is 0 Å². The van der Waals surface area contributed by atoms with E-state index in [2.05, 4.69) is 5.10 Å². The van der Waals surface area contributed by atoms with Crippen LogP contribution >= 0.6 is 23.2 Å². The molecule has 1 heterocycles. The Kier molecular flexibility index (Phi) is 4.99. The van der Waals surface area contributed by atoms with Crippen LogP contribution in [0.15, 0.2) is 53.6 Å². The quantitative estimate of drug-likeness (QED) is 0.612. The average molecular weight is 365 g/mol. The Balaban J connectivity index is 1.88. The molecule has 2 aromatic rings. The average Bonchev–Trinajstić information content (AvgIpc) is 2.54. The number of nitrogens with zero attached hydrogens (tertiary/aromatic N) is 4. The van der Waals surface area contributed by atoms with Crippen molar-refractivity contribution >= 4 is 34.7 Å². The molecule has 6 nitrogen and oxygen atoms in total. The fraction of sp³-hybridized carbons (Fsp3) is 0.188. The fourth-order valence-electron chi connectivity index (χ4n) is 2.51. The Morgan fingerprint density at radius 3 is 2.42 bits per heavy atom. The van der Waals surface area contributed by atoms with Gasteiger partial charge in [0.25, 0.3) is 0 Å². The highest BCUT2D eigenvalue weighted by Crippen LogP contribution is 2.27. The summed E-state index contributed by atoms with van der Waals surface area (Å²) in [7, 11) is 0. The van der Waals surface area contributed by atoms with Gasteiger partial charge in [-0.05, 0) is 28.7 Å². The minimum Gasteiger partial charge on any atom is -0.358 e. The zero-order valence-corrected chi connectivity index (χ0v) is 14.1. The molecular formula is C16H14Cl2N4O2. The monoisotopic (exact) mass is 364 g/mol. The van der Waals surface area contributed by atoms with Gasteiger partial charge in [0.05, 0.1) is 10.8 Å². The van der Waals surface area contributed by atoms with E-state index in [-0.39, 0.29) is 12.4 Å². The van der Waals surface area contributed by atoms with E-state index < -0.39 is 4.92 Å². The lowest BCUT2D eigenvalue weighted by Gasteiger charge is -2.28. The summed E-state index contributed by atoms with van der Waals surface area (Å²) in [5.41, 5.74) is 1.69. The number of rotatable bonds is 3. The third kappa shape index (κ3) is 4.03. The van der Waals surface area contributed by atoms with E-state index in [1.165, 1.54) is 0 Å². The lowest BCUT2D eigenvalue weighted by atomic mass is 10.2. The Labute approximate surface area is 149 Å². The molecule has 0 unspecified atom stereocenters. The summed E-state index contributed by atoms with van der Waals surface area (Å²) in [5, 5.41) is 17.8. The highest BCUT2D eigenvalue weighted by atomic mass is 35.5. The van der Waals surface area contributed by atoms with E-state index in [1.54, 1.807) is 23.2 Å². The maximum absolute atomic E-state index is 11.2. The summed E-state index contributed by atoms with van der Waals surface area (Å²) < 4.78 is 0. The van der Waals surface area contributed by atoms with E-state index >= 15 is 0 Å². The van der Waals surface area contributed by atoms with Gasteiger partial charge in [0.1, 0.15) is 13.2 Å². The number of nitro groups is 1. The molecule has 8 heteroatoms. The molecule has 0 saturated carbocycles. The highest BCUT2D eigenvalue weighted by Gasteiger charge is 2.29. The second-order valence-electron chi connectivity index (χ2n) is 5.41. The number of amidine groups is 1. The van der Waals surface area contributed by atoms with Gasteiger partial charge in [0, 0.05) is 16.6 Å². The van der Waals surface area contributed by atoms with Gasteiger partial charge in [0.15, 0.2) is 0 Å². The number of hydrazone groups is 1. The molecular weight excluding hydrogens is 351 g/mol. The lowest BCUT2D eigenvalue weighted by molar-refractivity contribution is -0.354. The molecule has 0 aromatic heterocycles. The van der Waals surface area contributed by atoms with Crippen LogP contribution in [0.1, 0.15) is 5.56 Å². The first-order valence-electron chi connectivity index (χ1n) is 7.23. The van der Waals surface area contributed by atoms with Gasteiger partial charge in [0.2, 0.25) is 0 Å². The van der Waals surface area contributed by atoms with Crippen LogP contribution in [0.4, 0.5) is 5.69 Å². The van der Waals surface area contributed by atoms with Crippen molar-refractivity contribution in [2.45, 2.75) is 6.54 Å². The first-order chi connectivity index (χ1) is 11.5. The van der Waals surface area contributed by atoms with Crippen LogP contribution in [0.2, 0.25) is 10.0 Å². The standard InChI is InChI=1S/C16H14Cl2N4O2/c17-13-6-14(18)8-15(7-13)21-11-20(10-16(19-21)22(23)24)9-12-4-2-1-3-5-12/h1-8H,9-11H2. The SMILES string of the molecule is O=[N+]([O-])C1=NN(c2cc(Cl)cc(Cl)c2)CN(Cc2ccccc2)C1. The molecule has 124 valence electrons. The molecule has 0 radical (unpaired) electrons. The summed E-state index contributed by atoms with van der Waals surface area (Å²) in [4.78, 5) is 12.7. The van der Waals surface area contributed by atoms with Crippen molar-refractivity contribution in [2.75, 3.05) is 18.2 Å². The number of benzene rings is 2. The minimum atomic E-state index is -0.462. The lowest BCUT2D eigenvalue weighted by Crippen LogP contribution is -2.45. The minimum absolute atomic E-state index is 0.117. The molecule has 0 saturated heterocycles. The van der Waals surface area contributed by atoms with Gasteiger partial charge in [-0.1, -0.05) is 53.5 Å². The molecule has 0 N–H and O–H groups in total. The molecule has 0 fully saturated rings. The molecule has 0 aliphatic carbocycles. The summed E-state index contributed by atoms with van der Waals surface area (Å²) in [6.07, 6.45) is 0. The van der Waals surface area contributed by atoms with Gasteiger partial charge >= 0.3 is 5.84 Å². The molecule has 1 aliphatic heterocycles. The van der Waals surface area contributed by atoms with E-state index in [4.69, 9.17) is 23.2 Å². The molecule has 3 rings (SSSR count). The van der Waals surface area contributed by atoms with Gasteiger partial charge in [-0.3, -0.25) is 4.90 Å². The maximum atomic E-state index is 11.2. The van der Waals surface area contributed by atoms with Crippen LogP contribution in [0.5, 0.6) is 0 Å². The van der Waals surface area contributed by atoms with Crippen LogP contribution in [-0.4, -0.2) is 28.9 Å². The van der Waals surface area contributed by atoms with Crippen molar-refractivity contribution in [3.8, 4) is 0 Å². The summed E-state index contributed by atoms with van der Waals surface area (Å²) in [6.45, 7) is 1.16. The molecule has 2 aromatic carbocycles. The van der Waals surface area contributed by atoms with Crippen molar-refractivity contribution in [1.29, 1.82) is 0 Å². The Bertz CT molecular complexity index is 763. The van der Waals surface area contributed by atoms with E-state index in [9.17, 15) is 10.1 Å². The predicted octanol–water partition coefficient (Wildman–Crippen LogP) is 3.86.